The molecule has 8 heteroatoms. The van der Waals surface area contributed by atoms with Crippen molar-refractivity contribution >= 4 is 11.9 Å². The molecular weight excluding hydrogens is 317 g/mol. The first kappa shape index (κ1) is 17.3. The monoisotopic (exact) mass is 333 g/mol. The number of aliphatic carboxylic acids is 1. The highest BCUT2D eigenvalue weighted by Crippen LogP contribution is 2.07. The van der Waals surface area contributed by atoms with Gasteiger partial charge in [-0.25, -0.2) is 4.39 Å². The highest BCUT2D eigenvalue weighted by molar-refractivity contribution is 5.91. The molecule has 1 aromatic carbocycles. The van der Waals surface area contributed by atoms with Gasteiger partial charge in [0.05, 0.1) is 5.69 Å². The van der Waals surface area contributed by atoms with Gasteiger partial charge in [0.25, 0.3) is 11.5 Å². The van der Waals surface area contributed by atoms with E-state index < -0.39 is 23.3 Å². The van der Waals surface area contributed by atoms with Crippen molar-refractivity contribution in [1.29, 1.82) is 0 Å². The van der Waals surface area contributed by atoms with Crippen molar-refractivity contribution in [3.8, 4) is 5.69 Å². The van der Waals surface area contributed by atoms with Crippen LogP contribution in [0.3, 0.4) is 0 Å². The van der Waals surface area contributed by atoms with Crippen molar-refractivity contribution in [3.05, 3.63) is 58.3 Å². The second-order valence-corrected chi connectivity index (χ2v) is 5.17. The molecule has 0 spiro atoms. The summed E-state index contributed by atoms with van der Waals surface area (Å²) in [5, 5.41) is 12.6. The summed E-state index contributed by atoms with van der Waals surface area (Å²) in [7, 11) is 1.53. The molecule has 0 aliphatic heterocycles. The summed E-state index contributed by atoms with van der Waals surface area (Å²) >= 11 is 0. The largest absolute Gasteiger partial charge is 0.481 e. The Balaban J connectivity index is 2.21. The maximum absolute atomic E-state index is 13.0. The molecule has 1 aromatic heterocycles. The lowest BCUT2D eigenvalue weighted by Gasteiger charge is -2.16. The van der Waals surface area contributed by atoms with E-state index in [0.717, 1.165) is 4.68 Å². The van der Waals surface area contributed by atoms with Crippen LogP contribution in [-0.2, 0) is 4.79 Å². The van der Waals surface area contributed by atoms with E-state index in [9.17, 15) is 18.8 Å². The van der Waals surface area contributed by atoms with E-state index >= 15 is 0 Å². The Labute approximate surface area is 137 Å². The van der Waals surface area contributed by atoms with Crippen molar-refractivity contribution in [3.63, 3.8) is 0 Å². The smallest absolute Gasteiger partial charge is 0.303 e. The van der Waals surface area contributed by atoms with Gasteiger partial charge in [0.1, 0.15) is 11.5 Å². The van der Waals surface area contributed by atoms with Gasteiger partial charge < -0.3 is 10.0 Å². The Morgan fingerprint density at radius 1 is 1.21 bits per heavy atom. The lowest BCUT2D eigenvalue weighted by Crippen LogP contribution is -2.31. The van der Waals surface area contributed by atoms with E-state index in [0.29, 0.717) is 12.1 Å². The SMILES string of the molecule is CN(CCCC(=O)O)C(=O)c1ccc(=O)n(-c2ccc(F)cc2)n1. The fourth-order valence-corrected chi connectivity index (χ4v) is 2.06. The first-order valence-electron chi connectivity index (χ1n) is 7.22. The number of rotatable bonds is 6. The molecule has 126 valence electrons. The van der Waals surface area contributed by atoms with Gasteiger partial charge in [0.2, 0.25) is 0 Å². The molecule has 7 nitrogen and oxygen atoms in total. The van der Waals surface area contributed by atoms with Crippen molar-refractivity contribution in [2.75, 3.05) is 13.6 Å². The number of aromatic nitrogens is 2. The van der Waals surface area contributed by atoms with Crippen molar-refractivity contribution < 1.29 is 19.1 Å². The second kappa shape index (κ2) is 7.49. The molecule has 1 amide bonds. The summed E-state index contributed by atoms with van der Waals surface area (Å²) in [4.78, 5) is 36.1. The number of carbonyl (C=O) groups is 2. The highest BCUT2D eigenvalue weighted by Gasteiger charge is 2.15. The average molecular weight is 333 g/mol. The molecule has 0 unspecified atom stereocenters. The van der Waals surface area contributed by atoms with Gasteiger partial charge in [-0.05, 0) is 36.8 Å². The van der Waals surface area contributed by atoms with E-state index in [4.69, 9.17) is 5.11 Å². The Morgan fingerprint density at radius 2 is 1.88 bits per heavy atom. The van der Waals surface area contributed by atoms with Crippen LogP contribution in [0.2, 0.25) is 0 Å². The molecule has 2 rings (SSSR count). The predicted molar refractivity (Wildman–Crippen MR) is 83.6 cm³/mol. The molecule has 0 bridgehead atoms. The fourth-order valence-electron chi connectivity index (χ4n) is 2.06. The van der Waals surface area contributed by atoms with E-state index in [1.54, 1.807) is 0 Å². The molecule has 0 fully saturated rings. The minimum Gasteiger partial charge on any atom is -0.481 e. The predicted octanol–water partition coefficient (Wildman–Crippen LogP) is 1.31. The van der Waals surface area contributed by atoms with Crippen molar-refractivity contribution in [1.82, 2.24) is 14.7 Å². The van der Waals surface area contributed by atoms with Crippen LogP contribution in [0.25, 0.3) is 5.69 Å². The molecule has 1 N–H and O–H groups in total. The van der Waals surface area contributed by atoms with Crippen LogP contribution in [0.4, 0.5) is 4.39 Å². The first-order valence-corrected chi connectivity index (χ1v) is 7.22. The number of benzene rings is 1. The normalized spacial score (nSPS) is 10.4. The number of amides is 1. The Morgan fingerprint density at radius 3 is 2.50 bits per heavy atom. The van der Waals surface area contributed by atoms with Crippen LogP contribution in [0.15, 0.2) is 41.2 Å². The summed E-state index contributed by atoms with van der Waals surface area (Å²) < 4.78 is 14.0. The Bertz CT molecular complexity index is 802. The average Bonchev–Trinajstić information content (AvgIpc) is 2.55. The lowest BCUT2D eigenvalue weighted by molar-refractivity contribution is -0.137. The minimum atomic E-state index is -0.932. The molecule has 1 heterocycles. The van der Waals surface area contributed by atoms with E-state index in [-0.39, 0.29) is 18.7 Å². The summed E-state index contributed by atoms with van der Waals surface area (Å²) in [6.07, 6.45) is 0.273. The number of carboxylic acids is 1. The molecule has 0 saturated heterocycles. The minimum absolute atomic E-state index is 0.0387. The number of hydrogen-bond donors (Lipinski definition) is 1. The summed E-state index contributed by atoms with van der Waals surface area (Å²) in [5.41, 5.74) is -0.0759. The number of carboxylic acid groups (broad SMARTS) is 1. The zero-order chi connectivity index (χ0) is 17.7. The second-order valence-electron chi connectivity index (χ2n) is 5.17. The van der Waals surface area contributed by atoms with Crippen LogP contribution in [0, 0.1) is 5.82 Å². The van der Waals surface area contributed by atoms with Crippen LogP contribution in [0.5, 0.6) is 0 Å². The van der Waals surface area contributed by atoms with Crippen LogP contribution < -0.4 is 5.56 Å². The van der Waals surface area contributed by atoms with Gasteiger partial charge in [-0.2, -0.15) is 9.78 Å². The van der Waals surface area contributed by atoms with Gasteiger partial charge in [-0.3, -0.25) is 14.4 Å². The van der Waals surface area contributed by atoms with Crippen LogP contribution in [0.1, 0.15) is 23.3 Å². The molecule has 24 heavy (non-hydrogen) atoms. The molecule has 0 saturated carbocycles. The topological polar surface area (TPSA) is 92.5 Å². The van der Waals surface area contributed by atoms with Crippen molar-refractivity contribution in [2.24, 2.45) is 0 Å². The lowest BCUT2D eigenvalue weighted by atomic mass is 10.2. The Kier molecular flexibility index (Phi) is 5.41. The third-order valence-corrected chi connectivity index (χ3v) is 3.32. The fraction of sp³-hybridized carbons (Fsp3) is 0.250. The van der Waals surface area contributed by atoms with Gasteiger partial charge in [0, 0.05) is 26.1 Å². The van der Waals surface area contributed by atoms with Crippen molar-refractivity contribution in [2.45, 2.75) is 12.8 Å². The summed E-state index contributed by atoms with van der Waals surface area (Å²) in [6.45, 7) is 0.252. The number of hydrogen-bond acceptors (Lipinski definition) is 4. The van der Waals surface area contributed by atoms with E-state index in [1.165, 1.54) is 48.3 Å². The molecule has 0 aliphatic carbocycles. The third-order valence-electron chi connectivity index (χ3n) is 3.32. The molecule has 0 aliphatic rings. The molecule has 0 atom stereocenters. The zero-order valence-electron chi connectivity index (χ0n) is 13.0. The van der Waals surface area contributed by atoms with Gasteiger partial charge >= 0.3 is 5.97 Å². The number of halogens is 1. The quantitative estimate of drug-likeness (QED) is 0.860. The summed E-state index contributed by atoms with van der Waals surface area (Å²) in [5.74, 6) is -1.81. The molecular formula is C16H16FN3O4. The number of carbonyl (C=O) groups excluding carboxylic acids is 1. The van der Waals surface area contributed by atoms with E-state index in [2.05, 4.69) is 5.10 Å². The third kappa shape index (κ3) is 4.25. The zero-order valence-corrected chi connectivity index (χ0v) is 13.0. The summed E-state index contributed by atoms with van der Waals surface area (Å²) in [6, 6.07) is 7.65. The molecule has 0 radical (unpaired) electrons. The Hall–Kier alpha value is -3.03. The maximum Gasteiger partial charge on any atom is 0.303 e. The van der Waals surface area contributed by atoms with Gasteiger partial charge in [-0.1, -0.05) is 0 Å². The van der Waals surface area contributed by atoms with E-state index in [1.807, 2.05) is 0 Å². The standard InChI is InChI=1S/C16H16FN3O4/c1-19(10-2-3-15(22)23)16(24)13-8-9-14(21)20(18-13)12-6-4-11(17)5-7-12/h4-9H,2-3,10H2,1H3,(H,22,23). The van der Waals surface area contributed by atoms with Gasteiger partial charge in [0.15, 0.2) is 0 Å². The molecule has 2 aromatic rings. The highest BCUT2D eigenvalue weighted by atomic mass is 19.1. The maximum atomic E-state index is 13.0. The van der Waals surface area contributed by atoms with Gasteiger partial charge in [-0.15, -0.1) is 0 Å². The number of nitrogens with zero attached hydrogens (tertiary/aromatic N) is 3. The van der Waals surface area contributed by atoms with Crippen LogP contribution >= 0.6 is 0 Å². The first-order chi connectivity index (χ1) is 11.4. The van der Waals surface area contributed by atoms with Crippen LogP contribution in [-0.4, -0.2) is 45.3 Å².